The number of nitrogens with one attached hydrogen (secondary N) is 2. The molecule has 0 atom stereocenters. The summed E-state index contributed by atoms with van der Waals surface area (Å²) in [5.74, 6) is -2.26. The first-order chi connectivity index (χ1) is 14.0. The molecular formula is C21H16F2N4OS. The number of nitrogens with zero attached hydrogens (tertiary/aromatic N) is 2. The second kappa shape index (κ2) is 8.71. The van der Waals surface area contributed by atoms with Gasteiger partial charge in [-0.1, -0.05) is 12.1 Å². The number of rotatable bonds is 5. The van der Waals surface area contributed by atoms with Crippen LogP contribution in [-0.2, 0) is 0 Å². The fourth-order valence-corrected chi connectivity index (χ4v) is 3.52. The molecular weight excluding hydrogens is 394 g/mol. The fourth-order valence-electron chi connectivity index (χ4n) is 2.81. The van der Waals surface area contributed by atoms with Crippen LogP contribution in [0, 0.1) is 23.0 Å². The molecule has 5 nitrogen and oxygen atoms in total. The van der Waals surface area contributed by atoms with Gasteiger partial charge in [-0.2, -0.15) is 5.26 Å². The van der Waals surface area contributed by atoms with E-state index >= 15 is 4.39 Å². The number of carbonyl (C=O) groups excluding carboxylic acids is 1. The van der Waals surface area contributed by atoms with Gasteiger partial charge >= 0.3 is 0 Å². The zero-order valence-electron chi connectivity index (χ0n) is 15.6. The number of ketones is 1. The summed E-state index contributed by atoms with van der Waals surface area (Å²) in [4.78, 5) is 17.6. The molecule has 146 valence electrons. The highest BCUT2D eigenvalue weighted by Gasteiger charge is 2.29. The Hall–Kier alpha value is -3.44. The SMILES string of the molecule is C/C=C1/C(C(=O)c2c(F)ccc(NSc3cccc(C#N)c3)c2F)=CNC1=NC. The van der Waals surface area contributed by atoms with Gasteiger partial charge in [0.25, 0.3) is 0 Å². The lowest BCUT2D eigenvalue weighted by molar-refractivity contribution is 0.103. The maximum atomic E-state index is 15.0. The van der Waals surface area contributed by atoms with Gasteiger partial charge in [0.2, 0.25) is 5.78 Å². The van der Waals surface area contributed by atoms with Crippen molar-refractivity contribution in [2.75, 3.05) is 11.8 Å². The number of Topliss-reactive ketones (excluding diaryl/α,β-unsaturated/α-hetero) is 1. The molecule has 2 aromatic carbocycles. The maximum absolute atomic E-state index is 15.0. The minimum absolute atomic E-state index is 0.0416. The Morgan fingerprint density at radius 1 is 1.31 bits per heavy atom. The molecule has 0 saturated carbocycles. The van der Waals surface area contributed by atoms with E-state index in [9.17, 15) is 9.18 Å². The highest BCUT2D eigenvalue weighted by molar-refractivity contribution is 8.00. The molecule has 0 spiro atoms. The molecule has 0 amide bonds. The Balaban J connectivity index is 1.89. The van der Waals surface area contributed by atoms with Crippen LogP contribution in [0.2, 0.25) is 0 Å². The molecule has 1 heterocycles. The van der Waals surface area contributed by atoms with E-state index in [1.165, 1.54) is 12.3 Å². The Kier molecular flexibility index (Phi) is 6.10. The van der Waals surface area contributed by atoms with Gasteiger partial charge in [0.1, 0.15) is 11.7 Å². The normalized spacial score (nSPS) is 15.8. The van der Waals surface area contributed by atoms with Gasteiger partial charge in [0, 0.05) is 29.3 Å². The number of aliphatic imine (C=N–C) groups is 1. The average Bonchev–Trinajstić information content (AvgIpc) is 3.16. The van der Waals surface area contributed by atoms with Crippen molar-refractivity contribution in [3.63, 3.8) is 0 Å². The zero-order valence-corrected chi connectivity index (χ0v) is 16.4. The summed E-state index contributed by atoms with van der Waals surface area (Å²) in [7, 11) is 1.55. The standard InChI is InChI=1S/C21H16F2N4OS/c1-3-14-15(11-26-21(14)25-2)20(28)18-16(22)7-8-17(19(18)23)27-29-13-6-4-5-12(9-13)10-24/h3-9,11,27H,1-2H3,(H,25,26)/b14-3-. The minimum Gasteiger partial charge on any atom is -0.346 e. The average molecular weight is 410 g/mol. The number of halogens is 2. The van der Waals surface area contributed by atoms with Crippen LogP contribution in [0.4, 0.5) is 14.5 Å². The fraction of sp³-hybridized carbons (Fsp3) is 0.0952. The first-order valence-corrected chi connectivity index (χ1v) is 9.38. The van der Waals surface area contributed by atoms with E-state index in [4.69, 9.17) is 5.26 Å². The molecule has 2 aromatic rings. The number of anilines is 1. The van der Waals surface area contributed by atoms with Crippen molar-refractivity contribution in [3.8, 4) is 6.07 Å². The van der Waals surface area contributed by atoms with Crippen LogP contribution in [0.3, 0.4) is 0 Å². The van der Waals surface area contributed by atoms with Crippen molar-refractivity contribution in [2.45, 2.75) is 11.8 Å². The summed E-state index contributed by atoms with van der Waals surface area (Å²) in [6, 6.07) is 11.0. The van der Waals surface area contributed by atoms with Crippen LogP contribution >= 0.6 is 11.9 Å². The van der Waals surface area contributed by atoms with Gasteiger partial charge in [-0.15, -0.1) is 0 Å². The number of carbonyl (C=O) groups is 1. The van der Waals surface area contributed by atoms with Gasteiger partial charge in [0.15, 0.2) is 5.82 Å². The Bertz CT molecular complexity index is 1120. The van der Waals surface area contributed by atoms with E-state index in [2.05, 4.69) is 15.0 Å². The molecule has 8 heteroatoms. The largest absolute Gasteiger partial charge is 0.346 e. The van der Waals surface area contributed by atoms with Gasteiger partial charge in [-0.25, -0.2) is 8.78 Å². The Morgan fingerprint density at radius 3 is 2.79 bits per heavy atom. The molecule has 2 N–H and O–H groups in total. The predicted molar refractivity (Wildman–Crippen MR) is 110 cm³/mol. The lowest BCUT2D eigenvalue weighted by atomic mass is 9.97. The molecule has 0 unspecified atom stereocenters. The van der Waals surface area contributed by atoms with Crippen molar-refractivity contribution < 1.29 is 13.6 Å². The van der Waals surface area contributed by atoms with Gasteiger partial charge in [0.05, 0.1) is 22.9 Å². The van der Waals surface area contributed by atoms with Gasteiger partial charge in [-0.05, 0) is 49.2 Å². The lowest BCUT2D eigenvalue weighted by Gasteiger charge is -2.11. The number of hydrogen-bond acceptors (Lipinski definition) is 5. The van der Waals surface area contributed by atoms with Crippen molar-refractivity contribution in [1.82, 2.24) is 5.32 Å². The highest BCUT2D eigenvalue weighted by atomic mass is 32.2. The van der Waals surface area contributed by atoms with Crippen LogP contribution in [0.25, 0.3) is 0 Å². The number of amidine groups is 1. The third-order valence-corrected chi connectivity index (χ3v) is 5.03. The quantitative estimate of drug-likeness (QED) is 0.556. The highest BCUT2D eigenvalue weighted by Crippen LogP contribution is 2.30. The topological polar surface area (TPSA) is 77.3 Å². The van der Waals surface area contributed by atoms with Crippen molar-refractivity contribution in [1.29, 1.82) is 5.26 Å². The zero-order chi connectivity index (χ0) is 21.0. The van der Waals surface area contributed by atoms with Gasteiger partial charge in [-0.3, -0.25) is 9.79 Å². The van der Waals surface area contributed by atoms with Gasteiger partial charge < -0.3 is 10.0 Å². The molecule has 1 aliphatic heterocycles. The van der Waals surface area contributed by atoms with Crippen LogP contribution in [0.15, 0.2) is 69.7 Å². The molecule has 3 rings (SSSR count). The van der Waals surface area contributed by atoms with E-state index in [1.54, 1.807) is 44.3 Å². The monoisotopic (exact) mass is 410 g/mol. The maximum Gasteiger partial charge on any atom is 0.201 e. The first-order valence-electron chi connectivity index (χ1n) is 8.56. The van der Waals surface area contributed by atoms with Crippen LogP contribution in [0.5, 0.6) is 0 Å². The van der Waals surface area contributed by atoms with E-state index in [1.807, 2.05) is 6.07 Å². The summed E-state index contributed by atoms with van der Waals surface area (Å²) in [6.07, 6.45) is 3.04. The van der Waals surface area contributed by atoms with Crippen LogP contribution in [-0.4, -0.2) is 18.7 Å². The van der Waals surface area contributed by atoms with E-state index in [0.717, 1.165) is 18.0 Å². The van der Waals surface area contributed by atoms with Crippen molar-refractivity contribution in [3.05, 3.63) is 82.6 Å². The first kappa shape index (κ1) is 20.3. The summed E-state index contributed by atoms with van der Waals surface area (Å²) >= 11 is 1.05. The number of allylic oxidation sites excluding steroid dienone is 1. The number of nitriles is 1. The Labute approximate surface area is 171 Å². The smallest absolute Gasteiger partial charge is 0.201 e. The van der Waals surface area contributed by atoms with E-state index < -0.39 is 23.0 Å². The van der Waals surface area contributed by atoms with Crippen molar-refractivity contribution >= 4 is 29.3 Å². The second-order valence-corrected chi connectivity index (χ2v) is 6.81. The molecule has 0 aliphatic carbocycles. The molecule has 29 heavy (non-hydrogen) atoms. The molecule has 0 aromatic heterocycles. The molecule has 0 fully saturated rings. The number of hydrogen-bond donors (Lipinski definition) is 2. The summed E-state index contributed by atoms with van der Waals surface area (Å²) in [5.41, 5.74) is 0.390. The molecule has 0 bridgehead atoms. The van der Waals surface area contributed by atoms with Crippen molar-refractivity contribution in [2.24, 2.45) is 4.99 Å². The number of benzene rings is 2. The summed E-state index contributed by atoms with van der Waals surface area (Å²) in [5, 5.41) is 11.8. The molecule has 0 radical (unpaired) electrons. The summed E-state index contributed by atoms with van der Waals surface area (Å²) in [6.45, 7) is 1.71. The minimum atomic E-state index is -0.989. The summed E-state index contributed by atoms with van der Waals surface area (Å²) < 4.78 is 32.2. The van der Waals surface area contributed by atoms with Crippen LogP contribution < -0.4 is 10.0 Å². The van der Waals surface area contributed by atoms with E-state index in [0.29, 0.717) is 21.9 Å². The second-order valence-electron chi connectivity index (χ2n) is 5.93. The Morgan fingerprint density at radius 2 is 2.10 bits per heavy atom. The van der Waals surface area contributed by atoms with E-state index in [-0.39, 0.29) is 11.3 Å². The third kappa shape index (κ3) is 4.05. The lowest BCUT2D eigenvalue weighted by Crippen LogP contribution is -2.15. The third-order valence-electron chi connectivity index (χ3n) is 4.22. The van der Waals surface area contributed by atoms with Crippen LogP contribution in [0.1, 0.15) is 22.8 Å². The molecule has 1 aliphatic rings. The predicted octanol–water partition coefficient (Wildman–Crippen LogP) is 4.60. The molecule has 0 saturated heterocycles.